The normalized spacial score (nSPS) is 9.39. The molecular formula is C16H15NS. The monoisotopic (exact) mass is 253 g/mol. The fourth-order valence-corrected chi connectivity index (χ4v) is 1.70. The van der Waals surface area contributed by atoms with Crippen molar-refractivity contribution in [3.8, 4) is 11.8 Å². The first-order chi connectivity index (χ1) is 8.90. The van der Waals surface area contributed by atoms with E-state index in [1.807, 2.05) is 54.6 Å². The van der Waals surface area contributed by atoms with Crippen LogP contribution in [0.5, 0.6) is 0 Å². The van der Waals surface area contributed by atoms with Gasteiger partial charge < -0.3 is 5.32 Å². The maximum Gasteiger partial charge on any atom is 0.0543 e. The number of rotatable bonds is 3. The largest absolute Gasteiger partial charge is 0.355 e. The van der Waals surface area contributed by atoms with Gasteiger partial charge in [0, 0.05) is 23.4 Å². The summed E-state index contributed by atoms with van der Waals surface area (Å²) in [6.45, 7) is 0. The highest BCUT2D eigenvalue weighted by molar-refractivity contribution is 7.80. The van der Waals surface area contributed by atoms with Gasteiger partial charge in [-0.25, -0.2) is 0 Å². The Hall–Kier alpha value is -1.85. The Labute approximate surface area is 114 Å². The quantitative estimate of drug-likeness (QED) is 0.620. The summed E-state index contributed by atoms with van der Waals surface area (Å²) in [5.41, 5.74) is 3.12. The SMILES string of the molecule is SCCC#Cc1ccccc1Nc1ccccc1. The van der Waals surface area contributed by atoms with E-state index in [-0.39, 0.29) is 0 Å². The maximum absolute atomic E-state index is 4.15. The van der Waals surface area contributed by atoms with E-state index in [1.165, 1.54) is 0 Å². The van der Waals surface area contributed by atoms with E-state index in [0.717, 1.165) is 29.1 Å². The summed E-state index contributed by atoms with van der Waals surface area (Å²) in [6, 6.07) is 18.2. The van der Waals surface area contributed by atoms with Crippen molar-refractivity contribution in [1.82, 2.24) is 0 Å². The molecule has 18 heavy (non-hydrogen) atoms. The zero-order valence-electron chi connectivity index (χ0n) is 10.1. The van der Waals surface area contributed by atoms with Gasteiger partial charge >= 0.3 is 0 Å². The van der Waals surface area contributed by atoms with Crippen LogP contribution in [0.15, 0.2) is 54.6 Å². The van der Waals surface area contributed by atoms with Crippen LogP contribution >= 0.6 is 12.6 Å². The molecule has 0 bridgehead atoms. The molecule has 0 amide bonds. The maximum atomic E-state index is 4.15. The number of anilines is 2. The van der Waals surface area contributed by atoms with Crippen molar-refractivity contribution in [2.24, 2.45) is 0 Å². The van der Waals surface area contributed by atoms with Gasteiger partial charge in [-0.2, -0.15) is 12.6 Å². The van der Waals surface area contributed by atoms with E-state index in [0.29, 0.717) is 0 Å². The molecule has 0 saturated heterocycles. The number of nitrogens with one attached hydrogen (secondary N) is 1. The average molecular weight is 253 g/mol. The zero-order chi connectivity index (χ0) is 12.6. The van der Waals surface area contributed by atoms with Crippen LogP contribution in [0, 0.1) is 11.8 Å². The zero-order valence-corrected chi connectivity index (χ0v) is 11.0. The topological polar surface area (TPSA) is 12.0 Å². The lowest BCUT2D eigenvalue weighted by molar-refractivity contribution is 1.31. The molecule has 0 aliphatic rings. The number of hydrogen-bond donors (Lipinski definition) is 2. The molecule has 0 atom stereocenters. The minimum absolute atomic E-state index is 0.793. The van der Waals surface area contributed by atoms with Crippen LogP contribution in [0.1, 0.15) is 12.0 Å². The molecule has 90 valence electrons. The van der Waals surface area contributed by atoms with Gasteiger partial charge in [0.2, 0.25) is 0 Å². The molecule has 2 heteroatoms. The Morgan fingerprint density at radius 1 is 0.944 bits per heavy atom. The first-order valence-corrected chi connectivity index (χ1v) is 6.54. The van der Waals surface area contributed by atoms with Crippen LogP contribution in [0.25, 0.3) is 0 Å². The third-order valence-corrected chi connectivity index (χ3v) is 2.66. The second-order valence-electron chi connectivity index (χ2n) is 3.81. The van der Waals surface area contributed by atoms with Gasteiger partial charge in [-0.15, -0.1) is 0 Å². The summed E-state index contributed by atoms with van der Waals surface area (Å²) < 4.78 is 0. The Bertz CT molecular complexity index is 552. The molecule has 0 spiro atoms. The van der Waals surface area contributed by atoms with Crippen LogP contribution in [0.2, 0.25) is 0 Å². The van der Waals surface area contributed by atoms with Gasteiger partial charge in [0.15, 0.2) is 0 Å². The highest BCUT2D eigenvalue weighted by Crippen LogP contribution is 2.19. The number of thiol groups is 1. The second-order valence-corrected chi connectivity index (χ2v) is 4.26. The van der Waals surface area contributed by atoms with E-state index in [9.17, 15) is 0 Å². The second kappa shape index (κ2) is 6.78. The third-order valence-electron chi connectivity index (χ3n) is 2.44. The molecule has 0 saturated carbocycles. The van der Waals surface area contributed by atoms with E-state index in [2.05, 4.69) is 29.8 Å². The van der Waals surface area contributed by atoms with Gasteiger partial charge in [-0.1, -0.05) is 42.2 Å². The molecular weight excluding hydrogens is 238 g/mol. The van der Waals surface area contributed by atoms with Crippen LogP contribution < -0.4 is 5.32 Å². The fraction of sp³-hybridized carbons (Fsp3) is 0.125. The molecule has 1 nitrogen and oxygen atoms in total. The summed E-state index contributed by atoms with van der Waals surface area (Å²) in [6.07, 6.45) is 0.808. The van der Waals surface area contributed by atoms with Crippen molar-refractivity contribution in [3.05, 3.63) is 60.2 Å². The third kappa shape index (κ3) is 3.58. The molecule has 2 rings (SSSR count). The summed E-state index contributed by atoms with van der Waals surface area (Å²) in [5.74, 6) is 7.08. The van der Waals surface area contributed by atoms with Crippen LogP contribution in [-0.4, -0.2) is 5.75 Å². The predicted molar refractivity (Wildman–Crippen MR) is 81.5 cm³/mol. The van der Waals surface area contributed by atoms with Crippen LogP contribution in [-0.2, 0) is 0 Å². The predicted octanol–water partition coefficient (Wildman–Crippen LogP) is 4.10. The summed E-state index contributed by atoms with van der Waals surface area (Å²) in [7, 11) is 0. The van der Waals surface area contributed by atoms with E-state index in [1.54, 1.807) is 0 Å². The van der Waals surface area contributed by atoms with Crippen molar-refractivity contribution in [1.29, 1.82) is 0 Å². The van der Waals surface area contributed by atoms with Crippen molar-refractivity contribution in [3.63, 3.8) is 0 Å². The first kappa shape index (κ1) is 12.6. The van der Waals surface area contributed by atoms with Crippen molar-refractivity contribution < 1.29 is 0 Å². The van der Waals surface area contributed by atoms with Crippen LogP contribution in [0.4, 0.5) is 11.4 Å². The Morgan fingerprint density at radius 2 is 1.67 bits per heavy atom. The van der Waals surface area contributed by atoms with E-state index >= 15 is 0 Å². The van der Waals surface area contributed by atoms with Gasteiger partial charge in [-0.05, 0) is 24.3 Å². The number of para-hydroxylation sites is 2. The summed E-state index contributed by atoms with van der Waals surface area (Å²) in [5, 5.41) is 3.38. The van der Waals surface area contributed by atoms with Crippen LogP contribution in [0.3, 0.4) is 0 Å². The Balaban J connectivity index is 2.21. The Kier molecular flexibility index (Phi) is 4.75. The molecule has 0 unspecified atom stereocenters. The highest BCUT2D eigenvalue weighted by Gasteiger charge is 1.98. The highest BCUT2D eigenvalue weighted by atomic mass is 32.1. The fourth-order valence-electron chi connectivity index (χ4n) is 1.59. The molecule has 2 aromatic rings. The van der Waals surface area contributed by atoms with Crippen molar-refractivity contribution in [2.75, 3.05) is 11.1 Å². The lowest BCUT2D eigenvalue weighted by Crippen LogP contribution is -1.92. The molecule has 0 aliphatic carbocycles. The lowest BCUT2D eigenvalue weighted by Gasteiger charge is -2.08. The standard InChI is InChI=1S/C16H15NS/c18-13-7-6-9-14-8-4-5-12-16(14)17-15-10-2-1-3-11-15/h1-5,8,10-12,17-18H,7,13H2. The lowest BCUT2D eigenvalue weighted by atomic mass is 10.1. The molecule has 0 radical (unpaired) electrons. The molecule has 0 fully saturated rings. The average Bonchev–Trinajstić information content (AvgIpc) is 2.42. The summed E-state index contributed by atoms with van der Waals surface area (Å²) >= 11 is 4.15. The minimum Gasteiger partial charge on any atom is -0.355 e. The molecule has 2 aromatic carbocycles. The van der Waals surface area contributed by atoms with Gasteiger partial charge in [0.25, 0.3) is 0 Å². The molecule has 0 aromatic heterocycles. The van der Waals surface area contributed by atoms with Gasteiger partial charge in [0.05, 0.1) is 5.69 Å². The molecule has 1 N–H and O–H groups in total. The van der Waals surface area contributed by atoms with Crippen molar-refractivity contribution in [2.45, 2.75) is 6.42 Å². The van der Waals surface area contributed by atoms with E-state index < -0.39 is 0 Å². The number of benzene rings is 2. The van der Waals surface area contributed by atoms with Crippen molar-refractivity contribution >= 4 is 24.0 Å². The number of hydrogen-bond acceptors (Lipinski definition) is 2. The van der Waals surface area contributed by atoms with Gasteiger partial charge in [-0.3, -0.25) is 0 Å². The van der Waals surface area contributed by atoms with E-state index in [4.69, 9.17) is 0 Å². The van der Waals surface area contributed by atoms with Gasteiger partial charge in [0.1, 0.15) is 0 Å². The smallest absolute Gasteiger partial charge is 0.0543 e. The first-order valence-electron chi connectivity index (χ1n) is 5.91. The molecule has 0 aliphatic heterocycles. The molecule has 0 heterocycles. The summed E-state index contributed by atoms with van der Waals surface area (Å²) in [4.78, 5) is 0. The Morgan fingerprint density at radius 3 is 2.44 bits per heavy atom. The minimum atomic E-state index is 0.793.